The van der Waals surface area contributed by atoms with Crippen LogP contribution in [0.3, 0.4) is 0 Å². The van der Waals surface area contributed by atoms with E-state index in [0.29, 0.717) is 6.54 Å². The molecule has 0 amide bonds. The molecule has 0 radical (unpaired) electrons. The zero-order chi connectivity index (χ0) is 7.91. The van der Waals surface area contributed by atoms with Crippen LogP contribution in [-0.2, 0) is 0 Å². The van der Waals surface area contributed by atoms with Crippen molar-refractivity contribution in [2.75, 3.05) is 6.54 Å². The summed E-state index contributed by atoms with van der Waals surface area (Å²) in [5.41, 5.74) is 4.91. The molecule has 5 nitrogen and oxygen atoms in total. The van der Waals surface area contributed by atoms with Gasteiger partial charge in [0.1, 0.15) is 0 Å². The number of nitrogens with two attached hydrogens (primary N) is 1. The van der Waals surface area contributed by atoms with Gasteiger partial charge >= 0.3 is 0 Å². The zero-order valence-corrected chi connectivity index (χ0v) is 5.37. The van der Waals surface area contributed by atoms with Crippen LogP contribution in [0.1, 0.15) is 0 Å². The lowest BCUT2D eigenvalue weighted by molar-refractivity contribution is -1.92. The fourth-order valence-corrected chi connectivity index (χ4v) is 0. The first-order valence-corrected chi connectivity index (χ1v) is 3.12. The maximum absolute atomic E-state index is 8.60. The summed E-state index contributed by atoms with van der Waals surface area (Å²) in [6.45, 7) is 3.94. The minimum atomic E-state index is -4.69. The number of halogens is 1. The Labute approximate surface area is 54.8 Å². The van der Waals surface area contributed by atoms with E-state index in [-0.39, 0.29) is 0 Å². The number of rotatable bonds is 1. The molecule has 0 aliphatic carbocycles. The van der Waals surface area contributed by atoms with Crippen LogP contribution in [0.25, 0.3) is 0 Å². The van der Waals surface area contributed by atoms with Gasteiger partial charge in [0.05, 0.1) is 14.9 Å². The van der Waals surface area contributed by atoms with Gasteiger partial charge in [0, 0.05) is 6.54 Å². The lowest BCUT2D eigenvalue weighted by atomic mass is 10.7. The Bertz CT molecular complexity index is 64.7. The van der Waals surface area contributed by atoms with E-state index < -0.39 is 10.2 Å². The average Bonchev–Trinajstić information content (AvgIpc) is 1.61. The van der Waals surface area contributed by atoms with Crippen LogP contribution >= 0.6 is 0 Å². The quantitative estimate of drug-likeness (QED) is 0.377. The summed E-state index contributed by atoms with van der Waals surface area (Å²) in [5, 5.41) is 0. The highest BCUT2D eigenvalue weighted by Gasteiger charge is 1.98. The normalized spacial score (nSPS) is 9.44. The maximum atomic E-state index is 8.60. The van der Waals surface area contributed by atoms with Crippen LogP contribution in [0.5, 0.6) is 0 Å². The summed E-state index contributed by atoms with van der Waals surface area (Å²) in [5.74, 6) is 0. The fraction of sp³-hybridized carbons (Fsp3) is 0.333. The van der Waals surface area contributed by atoms with Crippen molar-refractivity contribution in [3.8, 4) is 0 Å². The van der Waals surface area contributed by atoms with Gasteiger partial charge in [-0.25, -0.2) is 0 Å². The molecule has 0 aliphatic rings. The second kappa shape index (κ2) is 5.96. The molecular weight excluding hydrogens is 149 g/mol. The smallest absolute Gasteiger partial charge is 0.0777 e. The van der Waals surface area contributed by atoms with E-state index in [1.165, 1.54) is 0 Å². The lowest BCUT2D eigenvalue weighted by Crippen LogP contribution is -2.58. The van der Waals surface area contributed by atoms with Crippen molar-refractivity contribution in [1.29, 1.82) is 0 Å². The van der Waals surface area contributed by atoms with Gasteiger partial charge in [0.25, 0.3) is 0 Å². The Hall–Kier alpha value is -0.170. The monoisotopic (exact) mass is 157 g/mol. The third-order valence-electron chi connectivity index (χ3n) is 0.167. The Morgan fingerprint density at radius 3 is 1.67 bits per heavy atom. The molecule has 0 bridgehead atoms. The topological polar surface area (TPSA) is 115 Å². The van der Waals surface area contributed by atoms with Crippen molar-refractivity contribution in [3.05, 3.63) is 12.7 Å². The number of hydrogen-bond acceptors (Lipinski definition) is 5. The van der Waals surface area contributed by atoms with E-state index in [2.05, 4.69) is 6.58 Å². The van der Waals surface area contributed by atoms with Gasteiger partial charge in [-0.3, -0.25) is 0 Å². The van der Waals surface area contributed by atoms with Crippen LogP contribution in [0.15, 0.2) is 12.7 Å². The van der Waals surface area contributed by atoms with Crippen molar-refractivity contribution in [2.45, 2.75) is 0 Å². The predicted molar refractivity (Wildman–Crippen MR) is 21.5 cm³/mol. The molecule has 3 N–H and O–H groups in total. The van der Waals surface area contributed by atoms with E-state index >= 15 is 0 Å². The summed E-state index contributed by atoms with van der Waals surface area (Å²) < 4.78 is 32.7. The van der Waals surface area contributed by atoms with Crippen molar-refractivity contribution in [3.63, 3.8) is 0 Å². The van der Waals surface area contributed by atoms with Gasteiger partial charge in [-0.1, -0.05) is 6.08 Å². The summed E-state index contributed by atoms with van der Waals surface area (Å²) in [6.07, 6.45) is 1.65. The van der Waals surface area contributed by atoms with Crippen LogP contribution in [-0.4, -0.2) is 11.2 Å². The van der Waals surface area contributed by atoms with Crippen LogP contribution in [0.4, 0.5) is 0 Å². The first kappa shape index (κ1) is 11.6. The van der Waals surface area contributed by atoms with E-state index in [1.807, 2.05) is 0 Å². The maximum Gasteiger partial charge on any atom is 0.0777 e. The first-order valence-electron chi connectivity index (χ1n) is 1.86. The summed E-state index contributed by atoms with van der Waals surface area (Å²) in [6, 6.07) is 0. The molecule has 0 aromatic carbocycles. The Morgan fingerprint density at radius 2 is 1.67 bits per heavy atom. The first-order chi connectivity index (χ1) is 3.91. The molecule has 0 aliphatic heterocycles. The van der Waals surface area contributed by atoms with Gasteiger partial charge in [0.2, 0.25) is 0 Å². The minimum absolute atomic E-state index is 0.583. The highest BCUT2D eigenvalue weighted by atomic mass is 35.7. The molecular formula is C3H8ClNO4. The molecule has 6 heteroatoms. The van der Waals surface area contributed by atoms with Gasteiger partial charge < -0.3 is 5.73 Å². The standard InChI is InChI=1S/C3H7N.ClHO4/c1-2-3-4;2-1(3,4)5/h2H,1,3-4H2;(H,2,3,4,5). The van der Waals surface area contributed by atoms with Crippen molar-refractivity contribution >= 4 is 0 Å². The van der Waals surface area contributed by atoms with E-state index in [4.69, 9.17) is 24.4 Å². The molecule has 0 atom stereocenters. The molecule has 0 aromatic heterocycles. The largest absolute Gasteiger partial charge is 0.327 e. The molecule has 0 aromatic rings. The van der Waals surface area contributed by atoms with Gasteiger partial charge in [-0.2, -0.15) is 14.0 Å². The van der Waals surface area contributed by atoms with Crippen LogP contribution in [0.2, 0.25) is 0 Å². The fourth-order valence-electron chi connectivity index (χ4n) is 0. The molecule has 0 saturated carbocycles. The van der Waals surface area contributed by atoms with Crippen molar-refractivity contribution in [1.82, 2.24) is 0 Å². The molecule has 0 unspecified atom stereocenters. The Kier molecular flexibility index (Phi) is 7.68. The second-order valence-electron chi connectivity index (χ2n) is 0.920. The second-order valence-corrected chi connectivity index (χ2v) is 1.71. The summed E-state index contributed by atoms with van der Waals surface area (Å²) in [7, 11) is -4.69. The number of hydrogen-bond donors (Lipinski definition) is 2. The van der Waals surface area contributed by atoms with Crippen molar-refractivity contribution < 1.29 is 28.9 Å². The molecule has 9 heavy (non-hydrogen) atoms. The van der Waals surface area contributed by atoms with E-state index in [1.54, 1.807) is 6.08 Å². The van der Waals surface area contributed by atoms with Crippen LogP contribution in [0, 0.1) is 10.2 Å². The van der Waals surface area contributed by atoms with E-state index in [9.17, 15) is 0 Å². The Morgan fingerprint density at radius 1 is 1.56 bits per heavy atom. The summed E-state index contributed by atoms with van der Waals surface area (Å²) >= 11 is 0. The van der Waals surface area contributed by atoms with E-state index in [0.717, 1.165) is 0 Å². The minimum Gasteiger partial charge on any atom is -0.327 e. The molecule has 56 valence electrons. The Balaban J connectivity index is 0. The lowest BCUT2D eigenvalue weighted by Gasteiger charge is -2.03. The highest BCUT2D eigenvalue weighted by molar-refractivity contribution is 4.64. The van der Waals surface area contributed by atoms with Gasteiger partial charge in [0.15, 0.2) is 0 Å². The third kappa shape index (κ3) is 386. The molecule has 0 fully saturated rings. The SMILES string of the molecule is C=CCN.[O-][Cl+3]([O-])([O-])O. The third-order valence-corrected chi connectivity index (χ3v) is 0.167. The molecule has 0 rings (SSSR count). The van der Waals surface area contributed by atoms with Gasteiger partial charge in [-0.05, 0) is 0 Å². The molecule has 0 heterocycles. The molecule has 0 spiro atoms. The summed E-state index contributed by atoms with van der Waals surface area (Å²) in [4.78, 5) is 0. The van der Waals surface area contributed by atoms with Crippen LogP contribution < -0.4 is 19.7 Å². The average molecular weight is 158 g/mol. The molecule has 0 saturated heterocycles. The highest BCUT2D eigenvalue weighted by Crippen LogP contribution is 1.60. The zero-order valence-electron chi connectivity index (χ0n) is 4.62. The van der Waals surface area contributed by atoms with Crippen molar-refractivity contribution in [2.24, 2.45) is 5.73 Å². The van der Waals surface area contributed by atoms with Gasteiger partial charge in [-0.15, -0.1) is 6.58 Å². The predicted octanol–water partition coefficient (Wildman–Crippen LogP) is -3.99.